The van der Waals surface area contributed by atoms with Crippen LogP contribution in [0.1, 0.15) is 18.4 Å². The zero-order valence-corrected chi connectivity index (χ0v) is 14.8. The van der Waals surface area contributed by atoms with Crippen molar-refractivity contribution in [1.82, 2.24) is 9.97 Å². The Balaban J connectivity index is 1.51. The van der Waals surface area contributed by atoms with Crippen LogP contribution in [0, 0.1) is 0 Å². The predicted molar refractivity (Wildman–Crippen MR) is 99.9 cm³/mol. The van der Waals surface area contributed by atoms with Gasteiger partial charge in [0, 0.05) is 30.1 Å². The van der Waals surface area contributed by atoms with Gasteiger partial charge in [-0.1, -0.05) is 6.07 Å². The molecule has 128 valence electrons. The van der Waals surface area contributed by atoms with Gasteiger partial charge in [-0.3, -0.25) is 9.78 Å². The van der Waals surface area contributed by atoms with Crippen LogP contribution in [-0.4, -0.2) is 22.5 Å². The van der Waals surface area contributed by atoms with Crippen molar-refractivity contribution in [2.45, 2.75) is 19.8 Å². The number of hydrogen-bond donors (Lipinski definition) is 1. The standard InChI is InChI=1S/C19H19N3O2S/c1-2-24-15-8-6-14(7-9-15)21-18(23)10-11-19-22-17(13-25-19)16-5-3-4-12-20-16/h3-9,12-13H,2,10-11H2,1H3,(H,21,23). The van der Waals surface area contributed by atoms with Crippen LogP contribution in [0.2, 0.25) is 0 Å². The fourth-order valence-corrected chi connectivity index (χ4v) is 3.09. The summed E-state index contributed by atoms with van der Waals surface area (Å²) in [4.78, 5) is 20.9. The number of anilines is 1. The first-order valence-electron chi connectivity index (χ1n) is 8.13. The molecule has 0 aliphatic carbocycles. The van der Waals surface area contributed by atoms with Crippen molar-refractivity contribution < 1.29 is 9.53 Å². The van der Waals surface area contributed by atoms with Crippen molar-refractivity contribution in [3.63, 3.8) is 0 Å². The van der Waals surface area contributed by atoms with Crippen LogP contribution in [0.5, 0.6) is 5.75 Å². The highest BCUT2D eigenvalue weighted by molar-refractivity contribution is 7.09. The molecule has 0 spiro atoms. The van der Waals surface area contributed by atoms with Gasteiger partial charge in [-0.25, -0.2) is 4.98 Å². The van der Waals surface area contributed by atoms with E-state index in [-0.39, 0.29) is 5.91 Å². The largest absolute Gasteiger partial charge is 0.494 e. The number of ether oxygens (including phenoxy) is 1. The zero-order chi connectivity index (χ0) is 17.5. The van der Waals surface area contributed by atoms with Gasteiger partial charge in [0.1, 0.15) is 5.75 Å². The molecule has 2 heterocycles. The van der Waals surface area contributed by atoms with Crippen LogP contribution in [0.4, 0.5) is 5.69 Å². The van der Waals surface area contributed by atoms with Crippen molar-refractivity contribution in [2.24, 2.45) is 0 Å². The number of rotatable bonds is 7. The van der Waals surface area contributed by atoms with E-state index in [1.165, 1.54) is 0 Å². The number of aryl methyl sites for hydroxylation is 1. The minimum atomic E-state index is -0.0289. The number of carbonyl (C=O) groups is 1. The number of pyridine rings is 1. The molecular formula is C19H19N3O2S. The summed E-state index contributed by atoms with van der Waals surface area (Å²) in [5.74, 6) is 0.768. The number of nitrogens with one attached hydrogen (secondary N) is 1. The van der Waals surface area contributed by atoms with Crippen LogP contribution in [-0.2, 0) is 11.2 Å². The monoisotopic (exact) mass is 353 g/mol. The molecule has 0 bridgehead atoms. The maximum absolute atomic E-state index is 12.1. The Bertz CT molecular complexity index is 816. The Labute approximate surface area is 150 Å². The Morgan fingerprint density at radius 1 is 1.16 bits per heavy atom. The van der Waals surface area contributed by atoms with Crippen LogP contribution in [0.25, 0.3) is 11.4 Å². The molecule has 6 heteroatoms. The summed E-state index contributed by atoms with van der Waals surface area (Å²) in [6, 6.07) is 13.1. The van der Waals surface area contributed by atoms with E-state index in [1.807, 2.05) is 54.8 Å². The first-order chi connectivity index (χ1) is 12.2. The molecule has 0 aliphatic rings. The summed E-state index contributed by atoms with van der Waals surface area (Å²) in [5, 5.41) is 5.80. The normalized spacial score (nSPS) is 10.4. The minimum absolute atomic E-state index is 0.0289. The van der Waals surface area contributed by atoms with Crippen LogP contribution < -0.4 is 10.1 Å². The van der Waals surface area contributed by atoms with E-state index in [1.54, 1.807) is 17.5 Å². The maximum Gasteiger partial charge on any atom is 0.224 e. The summed E-state index contributed by atoms with van der Waals surface area (Å²) in [6.07, 6.45) is 2.75. The Hall–Kier alpha value is -2.73. The molecular weight excluding hydrogens is 334 g/mol. The number of amides is 1. The Kier molecular flexibility index (Phi) is 5.74. The lowest BCUT2D eigenvalue weighted by Crippen LogP contribution is -2.12. The van der Waals surface area contributed by atoms with Crippen LogP contribution >= 0.6 is 11.3 Å². The number of carbonyl (C=O) groups excluding carboxylic acids is 1. The molecule has 25 heavy (non-hydrogen) atoms. The summed E-state index contributed by atoms with van der Waals surface area (Å²) in [6.45, 7) is 2.56. The third kappa shape index (κ3) is 4.87. The summed E-state index contributed by atoms with van der Waals surface area (Å²) < 4.78 is 5.39. The first kappa shape index (κ1) is 17.1. The van der Waals surface area contributed by atoms with E-state index in [9.17, 15) is 4.79 Å². The summed E-state index contributed by atoms with van der Waals surface area (Å²) in [7, 11) is 0. The SMILES string of the molecule is CCOc1ccc(NC(=O)CCc2nc(-c3ccccn3)cs2)cc1. The second kappa shape index (κ2) is 8.39. The molecule has 3 rings (SSSR count). The van der Waals surface area contributed by atoms with E-state index >= 15 is 0 Å². The van der Waals surface area contributed by atoms with Crippen molar-refractivity contribution >= 4 is 22.9 Å². The quantitative estimate of drug-likeness (QED) is 0.692. The average Bonchev–Trinajstić information content (AvgIpc) is 3.12. The Morgan fingerprint density at radius 2 is 2.00 bits per heavy atom. The van der Waals surface area contributed by atoms with Gasteiger partial charge < -0.3 is 10.1 Å². The van der Waals surface area contributed by atoms with Crippen molar-refractivity contribution in [3.05, 3.63) is 59.0 Å². The second-order valence-electron chi connectivity index (χ2n) is 5.35. The van der Waals surface area contributed by atoms with Gasteiger partial charge in [0.25, 0.3) is 0 Å². The minimum Gasteiger partial charge on any atom is -0.494 e. The van der Waals surface area contributed by atoms with E-state index in [0.717, 1.165) is 27.8 Å². The topological polar surface area (TPSA) is 64.1 Å². The maximum atomic E-state index is 12.1. The van der Waals surface area contributed by atoms with Gasteiger partial charge in [-0.05, 0) is 43.3 Å². The van der Waals surface area contributed by atoms with Gasteiger partial charge >= 0.3 is 0 Å². The van der Waals surface area contributed by atoms with Crippen molar-refractivity contribution in [1.29, 1.82) is 0 Å². The molecule has 0 fully saturated rings. The number of aromatic nitrogens is 2. The molecule has 3 aromatic rings. The van der Waals surface area contributed by atoms with Gasteiger partial charge in [-0.2, -0.15) is 0 Å². The molecule has 0 saturated carbocycles. The highest BCUT2D eigenvalue weighted by atomic mass is 32.1. The van der Waals surface area contributed by atoms with Crippen molar-refractivity contribution in [3.8, 4) is 17.1 Å². The van der Waals surface area contributed by atoms with Gasteiger partial charge in [0.05, 0.1) is 23.0 Å². The molecule has 0 atom stereocenters. The third-order valence-corrected chi connectivity index (χ3v) is 4.40. The molecule has 1 amide bonds. The molecule has 2 aromatic heterocycles. The summed E-state index contributed by atoms with van der Waals surface area (Å²) >= 11 is 1.55. The number of nitrogens with zero attached hydrogens (tertiary/aromatic N) is 2. The molecule has 5 nitrogen and oxygen atoms in total. The highest BCUT2D eigenvalue weighted by Gasteiger charge is 2.08. The molecule has 1 aromatic carbocycles. The summed E-state index contributed by atoms with van der Waals surface area (Å²) in [5.41, 5.74) is 2.47. The number of thiazole rings is 1. The lowest BCUT2D eigenvalue weighted by Gasteiger charge is -2.06. The second-order valence-corrected chi connectivity index (χ2v) is 6.29. The number of benzene rings is 1. The van der Waals surface area contributed by atoms with Gasteiger partial charge in [0.2, 0.25) is 5.91 Å². The van der Waals surface area contributed by atoms with Crippen molar-refractivity contribution in [2.75, 3.05) is 11.9 Å². The first-order valence-corrected chi connectivity index (χ1v) is 9.01. The molecule has 1 N–H and O–H groups in total. The molecule has 0 radical (unpaired) electrons. The van der Waals surface area contributed by atoms with Crippen LogP contribution in [0.3, 0.4) is 0 Å². The molecule has 0 saturated heterocycles. The average molecular weight is 353 g/mol. The van der Waals surface area contributed by atoms with E-state index in [2.05, 4.69) is 15.3 Å². The zero-order valence-electron chi connectivity index (χ0n) is 13.9. The molecule has 0 aliphatic heterocycles. The third-order valence-electron chi connectivity index (χ3n) is 3.49. The molecule has 0 unspecified atom stereocenters. The fourth-order valence-electron chi connectivity index (χ4n) is 2.30. The lowest BCUT2D eigenvalue weighted by molar-refractivity contribution is -0.116. The smallest absolute Gasteiger partial charge is 0.224 e. The lowest BCUT2D eigenvalue weighted by atomic mass is 10.2. The van der Waals surface area contributed by atoms with E-state index in [0.29, 0.717) is 19.4 Å². The fraction of sp³-hybridized carbons (Fsp3) is 0.211. The highest BCUT2D eigenvalue weighted by Crippen LogP contribution is 2.21. The van der Waals surface area contributed by atoms with Gasteiger partial charge in [0.15, 0.2) is 0 Å². The number of hydrogen-bond acceptors (Lipinski definition) is 5. The van der Waals surface area contributed by atoms with E-state index in [4.69, 9.17) is 4.74 Å². The van der Waals surface area contributed by atoms with Crippen LogP contribution in [0.15, 0.2) is 54.0 Å². The predicted octanol–water partition coefficient (Wildman–Crippen LogP) is 4.18. The van der Waals surface area contributed by atoms with E-state index < -0.39 is 0 Å². The Morgan fingerprint density at radius 3 is 2.72 bits per heavy atom. The van der Waals surface area contributed by atoms with Gasteiger partial charge in [-0.15, -0.1) is 11.3 Å².